The summed E-state index contributed by atoms with van der Waals surface area (Å²) >= 11 is 7.84. The van der Waals surface area contributed by atoms with Crippen LogP contribution in [0.3, 0.4) is 0 Å². The maximum absolute atomic E-state index is 12.9. The van der Waals surface area contributed by atoms with Crippen LogP contribution in [0.4, 0.5) is 0 Å². The Morgan fingerprint density at radius 3 is 2.79 bits per heavy atom. The SMILES string of the molecule is Cn1cc(Cl)cc1C(=O)N1CCC2(CC1)OCCc1sc(-c3cnccn3)cc12. The molecule has 0 radical (unpaired) electrons. The van der Waals surface area contributed by atoms with Gasteiger partial charge in [0.25, 0.3) is 5.91 Å². The molecule has 5 rings (SSSR count). The van der Waals surface area contributed by atoms with Crippen molar-refractivity contribution in [3.63, 3.8) is 0 Å². The van der Waals surface area contributed by atoms with Gasteiger partial charge in [-0.05, 0) is 30.5 Å². The predicted octanol–water partition coefficient (Wildman–Crippen LogP) is 3.90. The highest BCUT2D eigenvalue weighted by molar-refractivity contribution is 7.15. The molecule has 150 valence electrons. The van der Waals surface area contributed by atoms with Gasteiger partial charge in [0, 0.05) is 50.0 Å². The van der Waals surface area contributed by atoms with E-state index in [-0.39, 0.29) is 11.5 Å². The molecule has 2 aliphatic rings. The molecule has 1 amide bonds. The zero-order valence-electron chi connectivity index (χ0n) is 16.1. The number of ether oxygens (including phenoxy) is 1. The van der Waals surface area contributed by atoms with Gasteiger partial charge in [0.05, 0.1) is 34.0 Å². The fourth-order valence-electron chi connectivity index (χ4n) is 4.35. The topological polar surface area (TPSA) is 60.2 Å². The van der Waals surface area contributed by atoms with Gasteiger partial charge in [-0.2, -0.15) is 0 Å². The lowest BCUT2D eigenvalue weighted by atomic mass is 9.82. The fourth-order valence-corrected chi connectivity index (χ4v) is 5.80. The van der Waals surface area contributed by atoms with Crippen LogP contribution in [0.1, 0.15) is 33.8 Å². The number of halogens is 1. The number of aryl methyl sites for hydroxylation is 1. The van der Waals surface area contributed by atoms with Crippen molar-refractivity contribution in [3.8, 4) is 10.6 Å². The Balaban J connectivity index is 1.38. The van der Waals surface area contributed by atoms with Crippen molar-refractivity contribution in [2.75, 3.05) is 19.7 Å². The summed E-state index contributed by atoms with van der Waals surface area (Å²) in [5.41, 5.74) is 2.48. The molecular formula is C21H21ClN4O2S. The van der Waals surface area contributed by atoms with Gasteiger partial charge in [0.2, 0.25) is 0 Å². The normalized spacial score (nSPS) is 18.1. The van der Waals surface area contributed by atoms with Crippen molar-refractivity contribution >= 4 is 28.8 Å². The van der Waals surface area contributed by atoms with Gasteiger partial charge in [0.1, 0.15) is 5.69 Å². The van der Waals surface area contributed by atoms with E-state index < -0.39 is 0 Å². The summed E-state index contributed by atoms with van der Waals surface area (Å²) in [6.45, 7) is 2.05. The molecule has 6 nitrogen and oxygen atoms in total. The Morgan fingerprint density at radius 2 is 2.10 bits per heavy atom. The van der Waals surface area contributed by atoms with E-state index >= 15 is 0 Å². The number of carbonyl (C=O) groups is 1. The van der Waals surface area contributed by atoms with E-state index in [0.717, 1.165) is 36.4 Å². The van der Waals surface area contributed by atoms with E-state index in [4.69, 9.17) is 16.3 Å². The average Bonchev–Trinajstić information content (AvgIpc) is 3.33. The molecule has 1 fully saturated rings. The van der Waals surface area contributed by atoms with Crippen molar-refractivity contribution < 1.29 is 9.53 Å². The van der Waals surface area contributed by atoms with Crippen LogP contribution in [0.25, 0.3) is 10.6 Å². The lowest BCUT2D eigenvalue weighted by Crippen LogP contribution is -2.48. The summed E-state index contributed by atoms with van der Waals surface area (Å²) < 4.78 is 8.14. The van der Waals surface area contributed by atoms with Crippen molar-refractivity contribution in [1.29, 1.82) is 0 Å². The van der Waals surface area contributed by atoms with E-state index in [1.807, 2.05) is 11.9 Å². The summed E-state index contributed by atoms with van der Waals surface area (Å²) in [4.78, 5) is 26.0. The molecule has 0 unspecified atom stereocenters. The minimum Gasteiger partial charge on any atom is -0.370 e. The Labute approximate surface area is 178 Å². The molecule has 5 heterocycles. The molecule has 3 aromatic heterocycles. The van der Waals surface area contributed by atoms with Gasteiger partial charge in [-0.15, -0.1) is 11.3 Å². The minimum absolute atomic E-state index is 0.0239. The Hall–Kier alpha value is -2.22. The minimum atomic E-state index is -0.312. The number of piperidine rings is 1. The lowest BCUT2D eigenvalue weighted by molar-refractivity contribution is -0.0926. The van der Waals surface area contributed by atoms with E-state index in [9.17, 15) is 4.79 Å². The van der Waals surface area contributed by atoms with Crippen molar-refractivity contribution in [2.45, 2.75) is 24.9 Å². The summed E-state index contributed by atoms with van der Waals surface area (Å²) in [5, 5.41) is 0.583. The van der Waals surface area contributed by atoms with Gasteiger partial charge in [-0.25, -0.2) is 0 Å². The van der Waals surface area contributed by atoms with Crippen LogP contribution in [0.2, 0.25) is 5.02 Å². The summed E-state index contributed by atoms with van der Waals surface area (Å²) in [6, 6.07) is 3.95. The monoisotopic (exact) mass is 428 g/mol. The zero-order valence-corrected chi connectivity index (χ0v) is 17.7. The summed E-state index contributed by atoms with van der Waals surface area (Å²) in [6.07, 6.45) is 9.48. The Morgan fingerprint density at radius 1 is 1.28 bits per heavy atom. The largest absolute Gasteiger partial charge is 0.370 e. The van der Waals surface area contributed by atoms with E-state index in [1.54, 1.807) is 46.8 Å². The second kappa shape index (κ2) is 7.23. The summed E-state index contributed by atoms with van der Waals surface area (Å²) in [5.74, 6) is 0.0239. The molecule has 1 saturated heterocycles. The molecule has 0 saturated carbocycles. The van der Waals surface area contributed by atoms with Crippen LogP contribution in [0, 0.1) is 0 Å². The van der Waals surface area contributed by atoms with Crippen molar-refractivity contribution in [3.05, 3.63) is 58.1 Å². The van der Waals surface area contributed by atoms with Gasteiger partial charge in [-0.1, -0.05) is 11.6 Å². The highest BCUT2D eigenvalue weighted by Crippen LogP contribution is 2.46. The number of carbonyl (C=O) groups excluding carboxylic acids is 1. The highest BCUT2D eigenvalue weighted by atomic mass is 35.5. The van der Waals surface area contributed by atoms with E-state index in [0.29, 0.717) is 23.8 Å². The second-order valence-electron chi connectivity index (χ2n) is 7.58. The Kier molecular flexibility index (Phi) is 4.69. The third-order valence-electron chi connectivity index (χ3n) is 5.87. The predicted molar refractivity (Wildman–Crippen MR) is 112 cm³/mol. The van der Waals surface area contributed by atoms with Crippen LogP contribution in [-0.2, 0) is 23.8 Å². The first-order chi connectivity index (χ1) is 14.1. The van der Waals surface area contributed by atoms with Crippen molar-refractivity contribution in [1.82, 2.24) is 19.4 Å². The number of fused-ring (bicyclic) bond motifs is 2. The molecule has 0 N–H and O–H groups in total. The maximum Gasteiger partial charge on any atom is 0.270 e. The number of hydrogen-bond acceptors (Lipinski definition) is 5. The molecule has 8 heteroatoms. The number of thiophene rings is 1. The molecule has 1 spiro atoms. The number of nitrogens with zero attached hydrogens (tertiary/aromatic N) is 4. The van der Waals surface area contributed by atoms with E-state index in [2.05, 4.69) is 16.0 Å². The third kappa shape index (κ3) is 3.27. The molecule has 0 aliphatic carbocycles. The number of aromatic nitrogens is 3. The first-order valence-electron chi connectivity index (χ1n) is 9.70. The molecule has 2 aliphatic heterocycles. The number of hydrogen-bond donors (Lipinski definition) is 0. The van der Waals surface area contributed by atoms with Crippen LogP contribution in [0.15, 0.2) is 36.9 Å². The van der Waals surface area contributed by atoms with E-state index in [1.165, 1.54) is 10.4 Å². The van der Waals surface area contributed by atoms with Crippen LogP contribution < -0.4 is 0 Å². The van der Waals surface area contributed by atoms with Gasteiger partial charge >= 0.3 is 0 Å². The van der Waals surface area contributed by atoms with Crippen LogP contribution in [0.5, 0.6) is 0 Å². The number of amides is 1. The average molecular weight is 429 g/mol. The standard InChI is InChI=1S/C21H21ClN4O2S/c1-25-13-14(22)10-17(25)20(27)26-7-3-21(4-8-26)15-11-19(16-12-23-5-6-24-16)29-18(15)2-9-28-21/h5-6,10-13H,2-4,7-9H2,1H3. The van der Waals surface area contributed by atoms with Crippen molar-refractivity contribution in [2.24, 2.45) is 7.05 Å². The molecule has 3 aromatic rings. The third-order valence-corrected chi connectivity index (χ3v) is 7.30. The number of rotatable bonds is 2. The maximum atomic E-state index is 12.9. The molecular weight excluding hydrogens is 408 g/mol. The van der Waals surface area contributed by atoms with Gasteiger partial charge in [-0.3, -0.25) is 14.8 Å². The molecule has 0 aromatic carbocycles. The zero-order chi connectivity index (χ0) is 20.0. The number of likely N-dealkylation sites (tertiary alicyclic amines) is 1. The van der Waals surface area contributed by atoms with Crippen LogP contribution in [-0.4, -0.2) is 45.0 Å². The first kappa shape index (κ1) is 18.8. The van der Waals surface area contributed by atoms with Gasteiger partial charge in [0.15, 0.2) is 0 Å². The summed E-state index contributed by atoms with van der Waals surface area (Å²) in [7, 11) is 1.85. The molecule has 0 atom stereocenters. The highest BCUT2D eigenvalue weighted by Gasteiger charge is 2.43. The van der Waals surface area contributed by atoms with Gasteiger partial charge < -0.3 is 14.2 Å². The quantitative estimate of drug-likeness (QED) is 0.621. The lowest BCUT2D eigenvalue weighted by Gasteiger charge is -2.44. The molecule has 0 bridgehead atoms. The van der Waals surface area contributed by atoms with Crippen LogP contribution >= 0.6 is 22.9 Å². The molecule has 29 heavy (non-hydrogen) atoms. The second-order valence-corrected chi connectivity index (χ2v) is 9.15. The Bertz CT molecular complexity index is 1050. The smallest absolute Gasteiger partial charge is 0.270 e. The first-order valence-corrected chi connectivity index (χ1v) is 10.9. The fraction of sp³-hybridized carbons (Fsp3) is 0.381.